The summed E-state index contributed by atoms with van der Waals surface area (Å²) in [6, 6.07) is -0.136. The first-order valence-corrected chi connectivity index (χ1v) is 6.84. The molecule has 0 aromatic rings. The number of amides is 2. The van der Waals surface area contributed by atoms with E-state index in [1.54, 1.807) is 9.80 Å². The summed E-state index contributed by atoms with van der Waals surface area (Å²) in [6.45, 7) is 7.63. The summed E-state index contributed by atoms with van der Waals surface area (Å²) in [5.41, 5.74) is -0.383. The molecule has 2 aliphatic heterocycles. The second-order valence-electron chi connectivity index (χ2n) is 5.99. The smallest absolute Gasteiger partial charge is 0.334 e. The fraction of sp³-hybridized carbons (Fsp3) is 0.846. The van der Waals surface area contributed by atoms with E-state index in [-0.39, 0.29) is 30.9 Å². The van der Waals surface area contributed by atoms with Gasteiger partial charge in [0, 0.05) is 13.1 Å². The van der Waals surface area contributed by atoms with Gasteiger partial charge < -0.3 is 24.4 Å². The van der Waals surface area contributed by atoms with Gasteiger partial charge >= 0.3 is 12.0 Å². The Hall–Kier alpha value is -1.34. The Balaban J connectivity index is 2.01. The molecule has 2 unspecified atom stereocenters. The standard InChI is InChI=1S/C13H22N2O5/c1-9-6-15(8-13(2,3)20-9)12(18)14-4-5-19-10(7-14)11(16)17/h9-10H,4-8H2,1-3H3,(H,16,17). The number of urea groups is 1. The first kappa shape index (κ1) is 15.1. The lowest BCUT2D eigenvalue weighted by Gasteiger charge is -2.44. The lowest BCUT2D eigenvalue weighted by molar-refractivity contribution is -0.155. The molecule has 2 saturated heterocycles. The summed E-state index contributed by atoms with van der Waals surface area (Å²) < 4.78 is 10.9. The Morgan fingerprint density at radius 3 is 2.55 bits per heavy atom. The second-order valence-corrected chi connectivity index (χ2v) is 5.99. The van der Waals surface area contributed by atoms with Crippen LogP contribution in [0, 0.1) is 0 Å². The number of hydrogen-bond acceptors (Lipinski definition) is 4. The Bertz CT molecular complexity index is 398. The molecule has 7 heteroatoms. The number of aliphatic carboxylic acids is 1. The van der Waals surface area contributed by atoms with Gasteiger partial charge in [0.25, 0.3) is 0 Å². The summed E-state index contributed by atoms with van der Waals surface area (Å²) in [7, 11) is 0. The first-order valence-electron chi connectivity index (χ1n) is 6.84. The lowest BCUT2D eigenvalue weighted by Crippen LogP contribution is -2.59. The van der Waals surface area contributed by atoms with Crippen molar-refractivity contribution in [2.24, 2.45) is 0 Å². The van der Waals surface area contributed by atoms with Gasteiger partial charge in [0.15, 0.2) is 6.10 Å². The average molecular weight is 286 g/mol. The van der Waals surface area contributed by atoms with E-state index in [0.717, 1.165) is 0 Å². The minimum Gasteiger partial charge on any atom is -0.479 e. The van der Waals surface area contributed by atoms with Crippen molar-refractivity contribution in [2.45, 2.75) is 38.6 Å². The topological polar surface area (TPSA) is 79.3 Å². The van der Waals surface area contributed by atoms with Crippen LogP contribution in [0.5, 0.6) is 0 Å². The van der Waals surface area contributed by atoms with E-state index >= 15 is 0 Å². The van der Waals surface area contributed by atoms with Crippen LogP contribution in [0.25, 0.3) is 0 Å². The van der Waals surface area contributed by atoms with E-state index in [4.69, 9.17) is 14.6 Å². The van der Waals surface area contributed by atoms with Crippen LogP contribution in [0.15, 0.2) is 0 Å². The van der Waals surface area contributed by atoms with Crippen LogP contribution in [0.3, 0.4) is 0 Å². The van der Waals surface area contributed by atoms with Crippen LogP contribution >= 0.6 is 0 Å². The summed E-state index contributed by atoms with van der Waals surface area (Å²) in [6.07, 6.45) is -0.960. The molecule has 0 aromatic carbocycles. The third kappa shape index (κ3) is 3.40. The Morgan fingerprint density at radius 2 is 1.95 bits per heavy atom. The van der Waals surface area contributed by atoms with Crippen LogP contribution in [-0.2, 0) is 14.3 Å². The molecule has 2 fully saturated rings. The molecular formula is C13H22N2O5. The fourth-order valence-electron chi connectivity index (χ4n) is 2.77. The van der Waals surface area contributed by atoms with Crippen molar-refractivity contribution in [2.75, 3.05) is 32.8 Å². The summed E-state index contributed by atoms with van der Waals surface area (Å²) in [4.78, 5) is 26.7. The van der Waals surface area contributed by atoms with E-state index in [9.17, 15) is 9.59 Å². The molecule has 0 spiro atoms. The number of rotatable bonds is 1. The third-order valence-electron chi connectivity index (χ3n) is 3.45. The highest BCUT2D eigenvalue weighted by molar-refractivity contribution is 5.77. The molecule has 0 bridgehead atoms. The van der Waals surface area contributed by atoms with Gasteiger partial charge in [-0.05, 0) is 20.8 Å². The SMILES string of the molecule is CC1CN(C(=O)N2CCOC(C(=O)O)C2)CC(C)(C)O1. The predicted octanol–water partition coefficient (Wildman–Crippen LogP) is 0.391. The number of ether oxygens (including phenoxy) is 2. The summed E-state index contributed by atoms with van der Waals surface area (Å²) >= 11 is 0. The van der Waals surface area contributed by atoms with Crippen LogP contribution in [0.2, 0.25) is 0 Å². The van der Waals surface area contributed by atoms with Gasteiger partial charge in [-0.25, -0.2) is 9.59 Å². The normalized spacial score (nSPS) is 30.1. The minimum absolute atomic E-state index is 0.0287. The van der Waals surface area contributed by atoms with Gasteiger partial charge in [0.1, 0.15) is 0 Å². The van der Waals surface area contributed by atoms with Crippen molar-refractivity contribution in [3.63, 3.8) is 0 Å². The zero-order chi connectivity index (χ0) is 14.9. The Kier molecular flexibility index (Phi) is 4.19. The molecule has 0 aliphatic carbocycles. The molecule has 7 nitrogen and oxygen atoms in total. The quantitative estimate of drug-likeness (QED) is 0.754. The van der Waals surface area contributed by atoms with E-state index in [2.05, 4.69) is 0 Å². The van der Waals surface area contributed by atoms with Gasteiger partial charge in [-0.15, -0.1) is 0 Å². The monoisotopic (exact) mass is 286 g/mol. The summed E-state index contributed by atoms with van der Waals surface area (Å²) in [5, 5.41) is 8.98. The highest BCUT2D eigenvalue weighted by Crippen LogP contribution is 2.22. The van der Waals surface area contributed by atoms with Crippen LogP contribution in [-0.4, -0.2) is 77.5 Å². The molecule has 0 radical (unpaired) electrons. The first-order chi connectivity index (χ1) is 9.28. The number of carbonyl (C=O) groups is 2. The third-order valence-corrected chi connectivity index (χ3v) is 3.45. The van der Waals surface area contributed by atoms with Gasteiger partial charge in [-0.3, -0.25) is 0 Å². The number of morpholine rings is 2. The second kappa shape index (κ2) is 5.57. The minimum atomic E-state index is -1.03. The van der Waals surface area contributed by atoms with E-state index in [1.165, 1.54) is 0 Å². The van der Waals surface area contributed by atoms with Gasteiger partial charge in [-0.1, -0.05) is 0 Å². The Morgan fingerprint density at radius 1 is 1.25 bits per heavy atom. The van der Waals surface area contributed by atoms with Crippen molar-refractivity contribution in [1.29, 1.82) is 0 Å². The molecule has 114 valence electrons. The predicted molar refractivity (Wildman–Crippen MR) is 70.5 cm³/mol. The van der Waals surface area contributed by atoms with E-state index in [1.807, 2.05) is 20.8 Å². The molecule has 2 rings (SSSR count). The molecule has 0 aromatic heterocycles. The molecular weight excluding hydrogens is 264 g/mol. The van der Waals surface area contributed by atoms with Gasteiger partial charge in [0.05, 0.1) is 31.4 Å². The number of carbonyl (C=O) groups excluding carboxylic acids is 1. The van der Waals surface area contributed by atoms with Crippen LogP contribution < -0.4 is 0 Å². The van der Waals surface area contributed by atoms with Gasteiger partial charge in [0.2, 0.25) is 0 Å². The fourth-order valence-corrected chi connectivity index (χ4v) is 2.77. The molecule has 2 amide bonds. The summed E-state index contributed by atoms with van der Waals surface area (Å²) in [5.74, 6) is -1.03. The van der Waals surface area contributed by atoms with Crippen molar-refractivity contribution in [1.82, 2.24) is 9.80 Å². The average Bonchev–Trinajstić information content (AvgIpc) is 2.35. The zero-order valence-electron chi connectivity index (χ0n) is 12.2. The van der Waals surface area contributed by atoms with Crippen molar-refractivity contribution < 1.29 is 24.2 Å². The maximum Gasteiger partial charge on any atom is 0.334 e. The van der Waals surface area contributed by atoms with E-state index < -0.39 is 12.1 Å². The largest absolute Gasteiger partial charge is 0.479 e. The maximum absolute atomic E-state index is 12.5. The molecule has 20 heavy (non-hydrogen) atoms. The van der Waals surface area contributed by atoms with Crippen molar-refractivity contribution >= 4 is 12.0 Å². The number of hydrogen-bond donors (Lipinski definition) is 1. The lowest BCUT2D eigenvalue weighted by atomic mass is 10.1. The van der Waals surface area contributed by atoms with Crippen LogP contribution in [0.4, 0.5) is 4.79 Å². The number of carboxylic acids is 1. The molecule has 1 N–H and O–H groups in total. The van der Waals surface area contributed by atoms with Gasteiger partial charge in [-0.2, -0.15) is 0 Å². The molecule has 2 heterocycles. The number of carboxylic acid groups (broad SMARTS) is 1. The highest BCUT2D eigenvalue weighted by atomic mass is 16.5. The zero-order valence-corrected chi connectivity index (χ0v) is 12.2. The van der Waals surface area contributed by atoms with Crippen molar-refractivity contribution in [3.05, 3.63) is 0 Å². The maximum atomic E-state index is 12.5. The molecule has 0 saturated carbocycles. The number of nitrogens with zero attached hydrogens (tertiary/aromatic N) is 2. The Labute approximate surface area is 118 Å². The van der Waals surface area contributed by atoms with Crippen LogP contribution in [0.1, 0.15) is 20.8 Å². The molecule has 2 aliphatic rings. The van der Waals surface area contributed by atoms with Crippen molar-refractivity contribution in [3.8, 4) is 0 Å². The molecule has 2 atom stereocenters. The highest BCUT2D eigenvalue weighted by Gasteiger charge is 2.37. The van der Waals surface area contributed by atoms with E-state index in [0.29, 0.717) is 19.6 Å².